The largest absolute Gasteiger partial charge is 0.207 e. The standard InChI is InChI=1S/C7H5F2N3/c8-6-1-5(4-11-12-10)2-7(9)3-6/h1-3H,4H2. The molecule has 0 heterocycles. The van der Waals surface area contributed by atoms with Crippen LogP contribution < -0.4 is 0 Å². The third-order valence-electron chi connectivity index (χ3n) is 1.24. The van der Waals surface area contributed by atoms with Crippen LogP contribution >= 0.6 is 0 Å². The van der Waals surface area contributed by atoms with Crippen molar-refractivity contribution >= 4 is 0 Å². The fraction of sp³-hybridized carbons (Fsp3) is 0.143. The molecule has 0 aliphatic rings. The number of halogens is 2. The molecule has 1 rings (SSSR count). The zero-order valence-electron chi connectivity index (χ0n) is 6.04. The van der Waals surface area contributed by atoms with Crippen molar-refractivity contribution in [1.29, 1.82) is 0 Å². The van der Waals surface area contributed by atoms with E-state index >= 15 is 0 Å². The Hall–Kier alpha value is -1.61. The second-order valence-corrected chi connectivity index (χ2v) is 2.17. The van der Waals surface area contributed by atoms with Gasteiger partial charge in [-0.1, -0.05) is 5.11 Å². The van der Waals surface area contributed by atoms with Crippen molar-refractivity contribution in [2.45, 2.75) is 6.54 Å². The molecule has 1 aromatic carbocycles. The van der Waals surface area contributed by atoms with Crippen LogP contribution in [0.15, 0.2) is 23.3 Å². The van der Waals surface area contributed by atoms with E-state index in [-0.39, 0.29) is 6.54 Å². The first kappa shape index (κ1) is 8.49. The Bertz CT molecular complexity index is 311. The van der Waals surface area contributed by atoms with E-state index in [2.05, 4.69) is 10.0 Å². The van der Waals surface area contributed by atoms with E-state index in [0.29, 0.717) is 5.56 Å². The quantitative estimate of drug-likeness (QED) is 0.371. The minimum absolute atomic E-state index is 0.0365. The molecule has 0 saturated heterocycles. The van der Waals surface area contributed by atoms with Crippen molar-refractivity contribution in [3.8, 4) is 0 Å². The van der Waals surface area contributed by atoms with Crippen molar-refractivity contribution in [3.63, 3.8) is 0 Å². The van der Waals surface area contributed by atoms with Crippen LogP contribution in [0.1, 0.15) is 5.56 Å². The summed E-state index contributed by atoms with van der Waals surface area (Å²) in [5, 5.41) is 3.17. The molecule has 0 amide bonds. The fourth-order valence-electron chi connectivity index (χ4n) is 0.816. The maximum atomic E-state index is 12.5. The van der Waals surface area contributed by atoms with Gasteiger partial charge in [-0.25, -0.2) is 8.78 Å². The van der Waals surface area contributed by atoms with Gasteiger partial charge in [0.1, 0.15) is 11.6 Å². The second-order valence-electron chi connectivity index (χ2n) is 2.17. The van der Waals surface area contributed by atoms with E-state index < -0.39 is 11.6 Å². The van der Waals surface area contributed by atoms with E-state index in [1.807, 2.05) is 0 Å². The number of rotatable bonds is 2. The van der Waals surface area contributed by atoms with Gasteiger partial charge < -0.3 is 0 Å². The molecule has 0 radical (unpaired) electrons. The highest BCUT2D eigenvalue weighted by molar-refractivity contribution is 5.17. The summed E-state index contributed by atoms with van der Waals surface area (Å²) in [6.07, 6.45) is 0. The predicted octanol–water partition coefficient (Wildman–Crippen LogP) is 2.78. The number of nitrogens with zero attached hydrogens (tertiary/aromatic N) is 3. The molecule has 0 bridgehead atoms. The van der Waals surface area contributed by atoms with Crippen LogP contribution in [0.4, 0.5) is 8.78 Å². The molecule has 3 nitrogen and oxygen atoms in total. The zero-order chi connectivity index (χ0) is 8.97. The molecule has 0 unspecified atom stereocenters. The molecular weight excluding hydrogens is 164 g/mol. The molecule has 0 spiro atoms. The SMILES string of the molecule is [N-]=[N+]=NCc1cc(F)cc(F)c1. The van der Waals surface area contributed by atoms with Crippen LogP contribution in [0, 0.1) is 11.6 Å². The van der Waals surface area contributed by atoms with Gasteiger partial charge in [0.25, 0.3) is 0 Å². The van der Waals surface area contributed by atoms with Gasteiger partial charge in [0, 0.05) is 11.0 Å². The summed E-state index contributed by atoms with van der Waals surface area (Å²) in [6, 6.07) is 3.01. The average Bonchev–Trinajstić information content (AvgIpc) is 1.99. The summed E-state index contributed by atoms with van der Waals surface area (Å²) in [6.45, 7) is -0.0365. The van der Waals surface area contributed by atoms with Gasteiger partial charge >= 0.3 is 0 Å². The van der Waals surface area contributed by atoms with Gasteiger partial charge in [-0.2, -0.15) is 0 Å². The lowest BCUT2D eigenvalue weighted by molar-refractivity contribution is 0.580. The van der Waals surface area contributed by atoms with Gasteiger partial charge in [0.05, 0.1) is 6.54 Å². The van der Waals surface area contributed by atoms with Crippen molar-refractivity contribution in [2.75, 3.05) is 0 Å². The lowest BCUT2D eigenvalue weighted by Crippen LogP contribution is -1.85. The second kappa shape index (κ2) is 3.69. The van der Waals surface area contributed by atoms with Gasteiger partial charge in [0.15, 0.2) is 0 Å². The maximum Gasteiger partial charge on any atom is 0.126 e. The van der Waals surface area contributed by atoms with E-state index in [1.54, 1.807) is 0 Å². The van der Waals surface area contributed by atoms with E-state index in [9.17, 15) is 8.78 Å². The Morgan fingerprint density at radius 1 is 1.25 bits per heavy atom. The molecule has 0 fully saturated rings. The van der Waals surface area contributed by atoms with Crippen LogP contribution in [0.2, 0.25) is 0 Å². The topological polar surface area (TPSA) is 48.8 Å². The highest BCUT2D eigenvalue weighted by Crippen LogP contribution is 2.08. The number of hydrogen-bond acceptors (Lipinski definition) is 1. The van der Waals surface area contributed by atoms with Crippen molar-refractivity contribution in [2.24, 2.45) is 5.11 Å². The predicted molar refractivity (Wildman–Crippen MR) is 39.2 cm³/mol. The molecule has 5 heteroatoms. The van der Waals surface area contributed by atoms with Crippen LogP contribution in [-0.2, 0) is 6.54 Å². The van der Waals surface area contributed by atoms with E-state index in [0.717, 1.165) is 18.2 Å². The molecule has 12 heavy (non-hydrogen) atoms. The summed E-state index contributed by atoms with van der Waals surface area (Å²) in [7, 11) is 0. The van der Waals surface area contributed by atoms with Gasteiger partial charge in [0.2, 0.25) is 0 Å². The van der Waals surface area contributed by atoms with Gasteiger partial charge in [-0.05, 0) is 23.2 Å². The highest BCUT2D eigenvalue weighted by atomic mass is 19.1. The summed E-state index contributed by atoms with van der Waals surface area (Å²) < 4.78 is 25.0. The van der Waals surface area contributed by atoms with Crippen LogP contribution in [0.5, 0.6) is 0 Å². The Morgan fingerprint density at radius 3 is 2.33 bits per heavy atom. The average molecular weight is 169 g/mol. The number of benzene rings is 1. The smallest absolute Gasteiger partial charge is 0.126 e. The first-order valence-corrected chi connectivity index (χ1v) is 3.18. The van der Waals surface area contributed by atoms with E-state index in [1.165, 1.54) is 0 Å². The Labute approximate surface area is 67.3 Å². The Balaban J connectivity index is 2.92. The molecule has 62 valence electrons. The van der Waals surface area contributed by atoms with E-state index in [4.69, 9.17) is 5.53 Å². The van der Waals surface area contributed by atoms with Crippen LogP contribution in [-0.4, -0.2) is 0 Å². The Kier molecular flexibility index (Phi) is 2.61. The molecule has 1 aromatic rings. The van der Waals surface area contributed by atoms with Gasteiger partial charge in [-0.3, -0.25) is 0 Å². The summed E-state index contributed by atoms with van der Waals surface area (Å²) >= 11 is 0. The fourth-order valence-corrected chi connectivity index (χ4v) is 0.816. The van der Waals surface area contributed by atoms with Crippen molar-refractivity contribution < 1.29 is 8.78 Å². The molecule has 0 atom stereocenters. The first-order valence-electron chi connectivity index (χ1n) is 3.18. The summed E-state index contributed by atoms with van der Waals surface area (Å²) in [4.78, 5) is 2.47. The zero-order valence-corrected chi connectivity index (χ0v) is 6.04. The third-order valence-corrected chi connectivity index (χ3v) is 1.24. The number of hydrogen-bond donors (Lipinski definition) is 0. The number of azide groups is 1. The summed E-state index contributed by atoms with van der Waals surface area (Å²) in [5.74, 6) is -1.34. The highest BCUT2D eigenvalue weighted by Gasteiger charge is 1.98. The van der Waals surface area contributed by atoms with Crippen LogP contribution in [0.25, 0.3) is 10.4 Å². The molecule has 0 aromatic heterocycles. The lowest BCUT2D eigenvalue weighted by Gasteiger charge is -1.95. The minimum Gasteiger partial charge on any atom is -0.207 e. The lowest BCUT2D eigenvalue weighted by atomic mass is 10.2. The molecule has 0 saturated carbocycles. The van der Waals surface area contributed by atoms with Crippen molar-refractivity contribution in [3.05, 3.63) is 45.8 Å². The van der Waals surface area contributed by atoms with Crippen molar-refractivity contribution in [1.82, 2.24) is 0 Å². The van der Waals surface area contributed by atoms with Gasteiger partial charge in [-0.15, -0.1) is 0 Å². The monoisotopic (exact) mass is 169 g/mol. The molecular formula is C7H5F2N3. The molecule has 0 N–H and O–H groups in total. The maximum absolute atomic E-state index is 12.5. The molecule has 0 aliphatic heterocycles. The first-order chi connectivity index (χ1) is 5.72. The minimum atomic E-state index is -0.668. The normalized spacial score (nSPS) is 9.17. The Morgan fingerprint density at radius 2 is 1.83 bits per heavy atom. The third kappa shape index (κ3) is 2.21. The summed E-state index contributed by atoms with van der Waals surface area (Å²) in [5.41, 5.74) is 8.26. The molecule has 0 aliphatic carbocycles. The van der Waals surface area contributed by atoms with Crippen LogP contribution in [0.3, 0.4) is 0 Å².